The number of fused-ring (bicyclic) bond motifs is 1. The lowest BCUT2D eigenvalue weighted by Crippen LogP contribution is -2.30. The Morgan fingerprint density at radius 3 is 2.70 bits per heavy atom. The molecule has 1 amide bonds. The SMILES string of the molecule is C[C@H]1C=Cc2c(cn(C)c2C(=O)Nc2ccc(F)c(C(F)F)c2)S(=O)(=O)N1. The summed E-state index contributed by atoms with van der Waals surface area (Å²) in [5.74, 6) is -1.79. The van der Waals surface area contributed by atoms with Gasteiger partial charge in [-0.2, -0.15) is 0 Å². The van der Waals surface area contributed by atoms with Crippen molar-refractivity contribution < 1.29 is 26.4 Å². The molecule has 0 unspecified atom stereocenters. The highest BCUT2D eigenvalue weighted by atomic mass is 32.2. The van der Waals surface area contributed by atoms with Gasteiger partial charge in [0.25, 0.3) is 12.3 Å². The van der Waals surface area contributed by atoms with E-state index in [1.165, 1.54) is 23.9 Å². The Morgan fingerprint density at radius 1 is 1.33 bits per heavy atom. The Labute approximate surface area is 153 Å². The monoisotopic (exact) mass is 399 g/mol. The number of aryl methyl sites for hydroxylation is 1. The van der Waals surface area contributed by atoms with Crippen molar-refractivity contribution in [3.63, 3.8) is 0 Å². The van der Waals surface area contributed by atoms with E-state index in [1.807, 2.05) is 0 Å². The van der Waals surface area contributed by atoms with E-state index in [1.54, 1.807) is 13.0 Å². The summed E-state index contributed by atoms with van der Waals surface area (Å²) in [6.07, 6.45) is 1.37. The van der Waals surface area contributed by atoms with Crippen molar-refractivity contribution in [1.29, 1.82) is 0 Å². The summed E-state index contributed by atoms with van der Waals surface area (Å²) in [7, 11) is -2.33. The van der Waals surface area contributed by atoms with Gasteiger partial charge in [0, 0.05) is 30.5 Å². The topological polar surface area (TPSA) is 80.2 Å². The number of carbonyl (C=O) groups is 1. The van der Waals surface area contributed by atoms with Crippen molar-refractivity contribution in [2.45, 2.75) is 24.3 Å². The molecule has 1 aliphatic heterocycles. The number of halogens is 3. The van der Waals surface area contributed by atoms with Gasteiger partial charge in [0.1, 0.15) is 16.4 Å². The van der Waals surface area contributed by atoms with Gasteiger partial charge in [-0.1, -0.05) is 12.2 Å². The van der Waals surface area contributed by atoms with Crippen LogP contribution < -0.4 is 10.0 Å². The third-order valence-corrected chi connectivity index (χ3v) is 5.66. The molecule has 0 spiro atoms. The van der Waals surface area contributed by atoms with Crippen LogP contribution in [-0.2, 0) is 17.1 Å². The van der Waals surface area contributed by atoms with E-state index in [2.05, 4.69) is 10.0 Å². The van der Waals surface area contributed by atoms with Crippen molar-refractivity contribution in [2.24, 2.45) is 7.05 Å². The molecular formula is C17H16F3N3O3S. The third-order valence-electron chi connectivity index (χ3n) is 4.07. The first-order chi connectivity index (χ1) is 12.6. The van der Waals surface area contributed by atoms with E-state index >= 15 is 0 Å². The van der Waals surface area contributed by atoms with Crippen LogP contribution in [0.3, 0.4) is 0 Å². The van der Waals surface area contributed by atoms with Gasteiger partial charge >= 0.3 is 0 Å². The van der Waals surface area contributed by atoms with E-state index in [0.29, 0.717) is 0 Å². The molecule has 27 heavy (non-hydrogen) atoms. The maximum atomic E-state index is 13.4. The van der Waals surface area contributed by atoms with Crippen LogP contribution in [0.25, 0.3) is 6.08 Å². The minimum atomic E-state index is -3.82. The van der Waals surface area contributed by atoms with E-state index in [4.69, 9.17) is 0 Å². The third kappa shape index (κ3) is 3.62. The van der Waals surface area contributed by atoms with Crippen molar-refractivity contribution in [2.75, 3.05) is 5.32 Å². The molecule has 0 aliphatic carbocycles. The molecule has 6 nitrogen and oxygen atoms in total. The van der Waals surface area contributed by atoms with Gasteiger partial charge in [-0.3, -0.25) is 4.79 Å². The Morgan fingerprint density at radius 2 is 2.04 bits per heavy atom. The highest BCUT2D eigenvalue weighted by Gasteiger charge is 2.29. The number of carbonyl (C=O) groups excluding carboxylic acids is 1. The average Bonchev–Trinajstić information content (AvgIpc) is 2.86. The number of anilines is 1. The molecule has 1 atom stereocenters. The van der Waals surface area contributed by atoms with Crippen LogP contribution in [0.15, 0.2) is 35.4 Å². The zero-order chi connectivity index (χ0) is 19.9. The van der Waals surface area contributed by atoms with Gasteiger partial charge in [-0.15, -0.1) is 0 Å². The summed E-state index contributed by atoms with van der Waals surface area (Å²) in [6, 6.07) is 2.36. The Bertz CT molecular complexity index is 1050. The molecule has 1 aromatic heterocycles. The number of benzene rings is 1. The molecule has 1 aliphatic rings. The minimum absolute atomic E-state index is 0.0291. The Balaban J connectivity index is 2.01. The predicted molar refractivity (Wildman–Crippen MR) is 93.5 cm³/mol. The molecule has 2 N–H and O–H groups in total. The van der Waals surface area contributed by atoms with Gasteiger partial charge in [-0.05, 0) is 25.1 Å². The molecule has 3 rings (SSSR count). The highest BCUT2D eigenvalue weighted by molar-refractivity contribution is 7.89. The number of hydrogen-bond donors (Lipinski definition) is 2. The van der Waals surface area contributed by atoms with E-state index < -0.39 is 39.8 Å². The first-order valence-electron chi connectivity index (χ1n) is 7.89. The molecule has 0 saturated heterocycles. The van der Waals surface area contributed by atoms with Crippen LogP contribution in [0.1, 0.15) is 35.0 Å². The summed E-state index contributed by atoms with van der Waals surface area (Å²) < 4.78 is 67.6. The van der Waals surface area contributed by atoms with Crippen LogP contribution in [0.2, 0.25) is 0 Å². The molecule has 10 heteroatoms. The second kappa shape index (κ2) is 6.86. The van der Waals surface area contributed by atoms with Crippen molar-refractivity contribution in [3.05, 3.63) is 53.1 Å². The largest absolute Gasteiger partial charge is 0.345 e. The lowest BCUT2D eigenvalue weighted by atomic mass is 10.1. The van der Waals surface area contributed by atoms with Gasteiger partial charge in [0.2, 0.25) is 10.0 Å². The van der Waals surface area contributed by atoms with Crippen LogP contribution >= 0.6 is 0 Å². The number of aromatic nitrogens is 1. The molecule has 1 aromatic carbocycles. The van der Waals surface area contributed by atoms with E-state index in [-0.39, 0.29) is 21.8 Å². The molecule has 144 valence electrons. The number of hydrogen-bond acceptors (Lipinski definition) is 3. The van der Waals surface area contributed by atoms with Crippen LogP contribution in [0.4, 0.5) is 18.9 Å². The summed E-state index contributed by atoms with van der Waals surface area (Å²) in [5, 5.41) is 2.41. The molecule has 0 saturated carbocycles. The van der Waals surface area contributed by atoms with E-state index in [0.717, 1.165) is 18.2 Å². The smallest absolute Gasteiger partial charge is 0.272 e. The number of nitrogens with zero attached hydrogens (tertiary/aromatic N) is 1. The zero-order valence-electron chi connectivity index (χ0n) is 14.3. The second-order valence-corrected chi connectivity index (χ2v) is 7.81. The van der Waals surface area contributed by atoms with Crippen LogP contribution in [-0.4, -0.2) is 24.9 Å². The van der Waals surface area contributed by atoms with Crippen LogP contribution in [0.5, 0.6) is 0 Å². The van der Waals surface area contributed by atoms with E-state index in [9.17, 15) is 26.4 Å². The molecule has 0 fully saturated rings. The molecule has 0 bridgehead atoms. The standard InChI is InChI=1S/C17H16F3N3O3S/c1-9-3-5-11-14(27(25,26)22-9)8-23(2)15(11)17(24)21-10-4-6-13(18)12(7-10)16(19)20/h3-9,16,22H,1-2H3,(H,21,24)/t9-/m0/s1. The normalized spacial score (nSPS) is 18.2. The zero-order valence-corrected chi connectivity index (χ0v) is 15.1. The van der Waals surface area contributed by atoms with Crippen molar-refractivity contribution >= 4 is 27.7 Å². The minimum Gasteiger partial charge on any atom is -0.345 e. The predicted octanol–water partition coefficient (Wildman–Crippen LogP) is 3.05. The number of amides is 1. The quantitative estimate of drug-likeness (QED) is 0.833. The molecular weight excluding hydrogens is 383 g/mol. The Hall–Kier alpha value is -2.59. The Kier molecular flexibility index (Phi) is 4.87. The maximum absolute atomic E-state index is 13.4. The molecule has 0 radical (unpaired) electrons. The van der Waals surface area contributed by atoms with Crippen LogP contribution in [0, 0.1) is 5.82 Å². The first-order valence-corrected chi connectivity index (χ1v) is 9.37. The first kappa shape index (κ1) is 19.2. The number of sulfonamides is 1. The van der Waals surface area contributed by atoms with Gasteiger partial charge in [0.15, 0.2) is 0 Å². The number of nitrogens with one attached hydrogen (secondary N) is 2. The summed E-state index contributed by atoms with van der Waals surface area (Å²) in [4.78, 5) is 12.6. The fourth-order valence-corrected chi connectivity index (χ4v) is 4.29. The summed E-state index contributed by atoms with van der Waals surface area (Å²) in [6.45, 7) is 1.64. The molecule has 2 aromatic rings. The average molecular weight is 399 g/mol. The fourth-order valence-electron chi connectivity index (χ4n) is 2.84. The van der Waals surface area contributed by atoms with Crippen molar-refractivity contribution in [1.82, 2.24) is 9.29 Å². The van der Waals surface area contributed by atoms with Gasteiger partial charge in [0.05, 0.1) is 5.56 Å². The summed E-state index contributed by atoms with van der Waals surface area (Å²) in [5.41, 5.74) is -0.649. The van der Waals surface area contributed by atoms with Crippen molar-refractivity contribution in [3.8, 4) is 0 Å². The molecule has 2 heterocycles. The maximum Gasteiger partial charge on any atom is 0.272 e. The van der Waals surface area contributed by atoms with Gasteiger partial charge in [-0.25, -0.2) is 26.3 Å². The number of rotatable bonds is 3. The second-order valence-electron chi connectivity index (χ2n) is 6.13. The fraction of sp³-hybridized carbons (Fsp3) is 0.235. The lowest BCUT2D eigenvalue weighted by Gasteiger charge is -2.10. The lowest BCUT2D eigenvalue weighted by molar-refractivity contribution is 0.101. The van der Waals surface area contributed by atoms with Gasteiger partial charge < -0.3 is 9.88 Å². The summed E-state index contributed by atoms with van der Waals surface area (Å²) >= 11 is 0. The highest BCUT2D eigenvalue weighted by Crippen LogP contribution is 2.28. The number of alkyl halides is 2.